The van der Waals surface area contributed by atoms with Gasteiger partial charge in [-0.2, -0.15) is 0 Å². The van der Waals surface area contributed by atoms with Crippen LogP contribution in [0.3, 0.4) is 0 Å². The van der Waals surface area contributed by atoms with Crippen molar-refractivity contribution >= 4 is 44.9 Å². The second-order valence-electron chi connectivity index (χ2n) is 7.33. The van der Waals surface area contributed by atoms with Gasteiger partial charge in [0.05, 0.1) is 21.8 Å². The molecule has 0 spiro atoms. The zero-order chi connectivity index (χ0) is 23.6. The number of rotatable bonds is 6. The average Bonchev–Trinajstić information content (AvgIpc) is 3.61. The Bertz CT molecular complexity index is 1370. The van der Waals surface area contributed by atoms with Crippen LogP contribution in [0.25, 0.3) is 0 Å². The summed E-state index contributed by atoms with van der Waals surface area (Å²) in [5.74, 6) is 3.94. The largest absolute Gasteiger partial charge is 0.354 e. The Kier molecular flexibility index (Phi) is 6.70. The molecule has 4 rings (SSSR count). The summed E-state index contributed by atoms with van der Waals surface area (Å²) in [5.41, 5.74) is -0.765. The highest BCUT2D eigenvalue weighted by Crippen LogP contribution is 2.29. The minimum atomic E-state index is -4.30. The summed E-state index contributed by atoms with van der Waals surface area (Å²) in [6.45, 7) is 0.796. The molecule has 1 heterocycles. The lowest BCUT2D eigenvalue weighted by atomic mass is 10.1. The van der Waals surface area contributed by atoms with Crippen LogP contribution in [-0.4, -0.2) is 24.9 Å². The van der Waals surface area contributed by atoms with Crippen molar-refractivity contribution in [2.75, 3.05) is 16.6 Å². The number of sulfonamides is 1. The fraction of sp³-hybridized carbons (Fsp3) is 0.182. The maximum Gasteiger partial charge on any atom is 0.263 e. The van der Waals surface area contributed by atoms with E-state index in [9.17, 15) is 17.2 Å². The summed E-state index contributed by atoms with van der Waals surface area (Å²) in [6.07, 6.45) is 5.24. The van der Waals surface area contributed by atoms with E-state index in [1.165, 1.54) is 37.4 Å². The summed E-state index contributed by atoms with van der Waals surface area (Å²) in [4.78, 5) is 7.90. The molecule has 1 fully saturated rings. The van der Waals surface area contributed by atoms with Crippen LogP contribution < -0.4 is 10.0 Å². The summed E-state index contributed by atoms with van der Waals surface area (Å²) >= 11 is 11.8. The van der Waals surface area contributed by atoms with Crippen molar-refractivity contribution in [3.8, 4) is 11.8 Å². The zero-order valence-electron chi connectivity index (χ0n) is 16.9. The molecule has 1 saturated carbocycles. The number of nitrogens with zero attached hydrogens (tertiary/aromatic N) is 2. The molecule has 0 atom stereocenters. The first-order valence-electron chi connectivity index (χ1n) is 9.77. The standard InChI is InChI=1S/C22H16Cl2F2N4O2S/c23-15-4-6-17(24)20(9-15)33(31,32)30-19-8-7-18(25)16(21(19)26)5-3-14-11-28-22(29-12-14)27-10-13-1-2-13/h4,6-9,11-13,30H,1-2,10H2,(H,27,28,29). The predicted octanol–water partition coefficient (Wildman–Crippen LogP) is 5.08. The van der Waals surface area contributed by atoms with Gasteiger partial charge in [0, 0.05) is 24.0 Å². The number of nitrogens with one attached hydrogen (secondary N) is 2. The molecule has 1 aliphatic rings. The summed E-state index contributed by atoms with van der Waals surface area (Å²) in [6, 6.07) is 5.69. The number of aromatic nitrogens is 2. The number of hydrogen-bond donors (Lipinski definition) is 2. The quantitative estimate of drug-likeness (QED) is 0.453. The molecule has 2 aromatic carbocycles. The van der Waals surface area contributed by atoms with Gasteiger partial charge in [-0.25, -0.2) is 27.2 Å². The number of halogens is 4. The second kappa shape index (κ2) is 9.51. The number of benzene rings is 2. The molecule has 3 aromatic rings. The van der Waals surface area contributed by atoms with Crippen molar-refractivity contribution in [2.24, 2.45) is 5.92 Å². The third kappa shape index (κ3) is 5.71. The Balaban J connectivity index is 1.57. The Hall–Kier alpha value is -2.93. The second-order valence-corrected chi connectivity index (χ2v) is 9.83. The molecule has 6 nitrogen and oxygen atoms in total. The maximum absolute atomic E-state index is 14.9. The lowest BCUT2D eigenvalue weighted by Crippen LogP contribution is -2.15. The molecule has 1 aliphatic carbocycles. The SMILES string of the molecule is O=S(=O)(Nc1ccc(F)c(C#Cc2cnc(NCC3CC3)nc2)c1F)c1cc(Cl)ccc1Cl. The van der Waals surface area contributed by atoms with Crippen LogP contribution in [0.2, 0.25) is 10.0 Å². The van der Waals surface area contributed by atoms with Gasteiger partial charge in [0.2, 0.25) is 5.95 Å². The number of anilines is 2. The molecule has 0 aliphatic heterocycles. The molecule has 11 heteroatoms. The van der Waals surface area contributed by atoms with Crippen LogP contribution >= 0.6 is 23.2 Å². The fourth-order valence-electron chi connectivity index (χ4n) is 2.80. The van der Waals surface area contributed by atoms with E-state index in [1.54, 1.807) is 0 Å². The van der Waals surface area contributed by atoms with Gasteiger partial charge in [-0.3, -0.25) is 4.72 Å². The lowest BCUT2D eigenvalue weighted by molar-refractivity contribution is 0.578. The Morgan fingerprint density at radius 3 is 2.48 bits per heavy atom. The van der Waals surface area contributed by atoms with Crippen LogP contribution in [0.4, 0.5) is 20.4 Å². The highest BCUT2D eigenvalue weighted by molar-refractivity contribution is 7.92. The maximum atomic E-state index is 14.9. The molecule has 33 heavy (non-hydrogen) atoms. The van der Waals surface area contributed by atoms with Crippen LogP contribution in [0, 0.1) is 29.4 Å². The average molecular weight is 509 g/mol. The minimum Gasteiger partial charge on any atom is -0.354 e. The highest BCUT2D eigenvalue weighted by atomic mass is 35.5. The summed E-state index contributed by atoms with van der Waals surface area (Å²) in [5, 5.41) is 3.12. The Morgan fingerprint density at radius 1 is 1.06 bits per heavy atom. The minimum absolute atomic E-state index is 0.107. The summed E-state index contributed by atoms with van der Waals surface area (Å²) in [7, 11) is -4.30. The molecular weight excluding hydrogens is 493 g/mol. The highest BCUT2D eigenvalue weighted by Gasteiger charge is 2.22. The molecule has 0 bridgehead atoms. The van der Waals surface area contributed by atoms with E-state index in [0.29, 0.717) is 17.4 Å². The molecule has 1 aromatic heterocycles. The van der Waals surface area contributed by atoms with Crippen molar-refractivity contribution in [2.45, 2.75) is 17.7 Å². The van der Waals surface area contributed by atoms with Gasteiger partial charge in [-0.05, 0) is 49.1 Å². The van der Waals surface area contributed by atoms with E-state index in [-0.39, 0.29) is 14.9 Å². The van der Waals surface area contributed by atoms with Gasteiger partial charge in [-0.1, -0.05) is 35.0 Å². The number of hydrogen-bond acceptors (Lipinski definition) is 5. The van der Waals surface area contributed by atoms with Crippen LogP contribution in [0.15, 0.2) is 47.6 Å². The van der Waals surface area contributed by atoms with E-state index < -0.39 is 32.9 Å². The van der Waals surface area contributed by atoms with Crippen molar-refractivity contribution < 1.29 is 17.2 Å². The van der Waals surface area contributed by atoms with E-state index in [2.05, 4.69) is 31.8 Å². The van der Waals surface area contributed by atoms with E-state index in [0.717, 1.165) is 24.7 Å². The van der Waals surface area contributed by atoms with Gasteiger partial charge in [0.1, 0.15) is 10.7 Å². The zero-order valence-corrected chi connectivity index (χ0v) is 19.2. The first-order chi connectivity index (χ1) is 15.7. The molecule has 0 amide bonds. The third-order valence-electron chi connectivity index (χ3n) is 4.75. The molecule has 170 valence electrons. The molecule has 0 unspecified atom stereocenters. The van der Waals surface area contributed by atoms with Gasteiger partial charge in [-0.15, -0.1) is 0 Å². The van der Waals surface area contributed by atoms with E-state index in [4.69, 9.17) is 23.2 Å². The Morgan fingerprint density at radius 2 is 1.79 bits per heavy atom. The first-order valence-corrected chi connectivity index (χ1v) is 12.0. The van der Waals surface area contributed by atoms with Crippen LogP contribution in [0.5, 0.6) is 0 Å². The van der Waals surface area contributed by atoms with Crippen molar-refractivity contribution in [1.82, 2.24) is 9.97 Å². The fourth-order valence-corrected chi connectivity index (χ4v) is 4.63. The molecular formula is C22H16Cl2F2N4O2S. The lowest BCUT2D eigenvalue weighted by Gasteiger charge is -2.11. The van der Waals surface area contributed by atoms with Crippen molar-refractivity contribution in [1.29, 1.82) is 0 Å². The monoisotopic (exact) mass is 508 g/mol. The summed E-state index contributed by atoms with van der Waals surface area (Å²) < 4.78 is 56.6. The molecule has 0 radical (unpaired) electrons. The van der Waals surface area contributed by atoms with E-state index in [1.807, 2.05) is 0 Å². The Labute approximate surface area is 199 Å². The predicted molar refractivity (Wildman–Crippen MR) is 123 cm³/mol. The van der Waals surface area contributed by atoms with Gasteiger partial charge >= 0.3 is 0 Å². The third-order valence-corrected chi connectivity index (χ3v) is 6.83. The van der Waals surface area contributed by atoms with Crippen molar-refractivity contribution in [3.05, 3.63) is 75.5 Å². The normalized spacial score (nSPS) is 13.2. The van der Waals surface area contributed by atoms with Crippen molar-refractivity contribution in [3.63, 3.8) is 0 Å². The van der Waals surface area contributed by atoms with Gasteiger partial charge in [0.25, 0.3) is 10.0 Å². The first kappa shape index (κ1) is 23.2. The van der Waals surface area contributed by atoms with Crippen LogP contribution in [-0.2, 0) is 10.0 Å². The van der Waals surface area contributed by atoms with Gasteiger partial charge < -0.3 is 5.32 Å². The molecule has 0 saturated heterocycles. The van der Waals surface area contributed by atoms with Gasteiger partial charge in [0.15, 0.2) is 5.82 Å². The smallest absolute Gasteiger partial charge is 0.263 e. The molecule has 2 N–H and O–H groups in total. The van der Waals surface area contributed by atoms with Crippen LogP contribution in [0.1, 0.15) is 24.0 Å². The van der Waals surface area contributed by atoms with E-state index >= 15 is 0 Å². The topological polar surface area (TPSA) is 84.0 Å².